The number of carbonyl (C=O) groups is 1. The van der Waals surface area contributed by atoms with Crippen LogP contribution >= 0.6 is 22.7 Å². The molecule has 2 heterocycles. The van der Waals surface area contributed by atoms with E-state index in [1.807, 2.05) is 18.3 Å². The Kier molecular flexibility index (Phi) is 6.35. The fourth-order valence-corrected chi connectivity index (χ4v) is 7.76. The summed E-state index contributed by atoms with van der Waals surface area (Å²) < 4.78 is 5.03. The summed E-state index contributed by atoms with van der Waals surface area (Å²) in [4.78, 5) is 19.0. The summed E-state index contributed by atoms with van der Waals surface area (Å²) in [7, 11) is 1.63. The molecule has 0 radical (unpaired) electrons. The van der Waals surface area contributed by atoms with Crippen molar-refractivity contribution in [2.45, 2.75) is 52.1 Å². The molecule has 2 aliphatic rings. The average molecular weight is 449 g/mol. The van der Waals surface area contributed by atoms with Crippen molar-refractivity contribution in [3.8, 4) is 10.6 Å². The van der Waals surface area contributed by atoms with E-state index in [0.717, 1.165) is 30.0 Å². The van der Waals surface area contributed by atoms with E-state index < -0.39 is 6.10 Å². The lowest BCUT2D eigenvalue weighted by atomic mass is 9.53. The van der Waals surface area contributed by atoms with Gasteiger partial charge in [-0.3, -0.25) is 4.79 Å². The van der Waals surface area contributed by atoms with Gasteiger partial charge in [-0.05, 0) is 48.0 Å². The molecule has 30 heavy (non-hydrogen) atoms. The van der Waals surface area contributed by atoms with E-state index in [0.29, 0.717) is 13.2 Å². The van der Waals surface area contributed by atoms with Crippen LogP contribution < -0.4 is 5.32 Å². The maximum absolute atomic E-state index is 12.6. The number of hydrogen-bond acceptors (Lipinski definition) is 6. The number of fused-ring (bicyclic) bond motifs is 2. The van der Waals surface area contributed by atoms with Crippen LogP contribution in [0.3, 0.4) is 0 Å². The second-order valence-electron chi connectivity index (χ2n) is 9.25. The van der Waals surface area contributed by atoms with E-state index in [1.54, 1.807) is 18.4 Å². The van der Waals surface area contributed by atoms with Crippen molar-refractivity contribution in [3.63, 3.8) is 0 Å². The van der Waals surface area contributed by atoms with Crippen LogP contribution in [-0.2, 0) is 16.0 Å². The van der Waals surface area contributed by atoms with E-state index in [9.17, 15) is 9.90 Å². The minimum Gasteiger partial charge on any atom is -0.392 e. The Morgan fingerprint density at radius 1 is 1.50 bits per heavy atom. The lowest BCUT2D eigenvalue weighted by Crippen LogP contribution is -2.53. The number of rotatable bonds is 6. The molecule has 1 fully saturated rings. The molecule has 0 unspecified atom stereocenters. The smallest absolute Gasteiger partial charge is 0.223 e. The second-order valence-corrected chi connectivity index (χ2v) is 11.1. The monoisotopic (exact) mass is 448 g/mol. The first kappa shape index (κ1) is 21.9. The number of amides is 1. The largest absolute Gasteiger partial charge is 0.392 e. The second kappa shape index (κ2) is 8.69. The van der Waals surface area contributed by atoms with E-state index in [4.69, 9.17) is 9.72 Å². The zero-order valence-corrected chi connectivity index (χ0v) is 19.8. The lowest BCUT2D eigenvalue weighted by Gasteiger charge is -2.53. The van der Waals surface area contributed by atoms with Crippen molar-refractivity contribution in [3.05, 3.63) is 27.4 Å². The number of carbonyl (C=O) groups excluding carboxylic acids is 1. The molecule has 2 aliphatic carbocycles. The average Bonchev–Trinajstić information content (AvgIpc) is 3.37. The predicted octanol–water partition coefficient (Wildman–Crippen LogP) is 4.32. The molecule has 4 rings (SSSR count). The first-order chi connectivity index (χ1) is 14.4. The maximum Gasteiger partial charge on any atom is 0.223 e. The number of thiazole rings is 1. The third-order valence-electron chi connectivity index (χ3n) is 7.35. The van der Waals surface area contributed by atoms with Crippen LogP contribution in [0.4, 0.5) is 0 Å². The first-order valence-corrected chi connectivity index (χ1v) is 12.6. The van der Waals surface area contributed by atoms with Gasteiger partial charge in [0.15, 0.2) is 0 Å². The topological polar surface area (TPSA) is 71.5 Å². The van der Waals surface area contributed by atoms with E-state index in [-0.39, 0.29) is 35.0 Å². The van der Waals surface area contributed by atoms with Gasteiger partial charge in [-0.25, -0.2) is 4.98 Å². The zero-order chi connectivity index (χ0) is 21.5. The number of aliphatic hydroxyl groups is 1. The number of nitrogens with zero attached hydrogens (tertiary/aromatic N) is 1. The van der Waals surface area contributed by atoms with Gasteiger partial charge >= 0.3 is 0 Å². The third-order valence-corrected chi connectivity index (χ3v) is 9.15. The standard InChI is InChI=1S/C23H32N2O3S2/c1-13(21(27)24-8-9-28-4)16-5-7-23(3)11-17-19(14(2)18(23)20(16)26)25-22(30-17)15-6-10-29-12-15/h6,10,12-14,16,18,20,26H,5,7-9,11H2,1-4H3,(H,24,27)/t13-,14+,16-,18+,20-,23+/m0/s1. The van der Waals surface area contributed by atoms with Crippen LogP contribution in [0.2, 0.25) is 0 Å². The number of ether oxygens (including phenoxy) is 1. The third kappa shape index (κ3) is 3.85. The molecule has 5 nitrogen and oxygen atoms in total. The number of aromatic nitrogens is 1. The van der Waals surface area contributed by atoms with Gasteiger partial charge in [-0.2, -0.15) is 11.3 Å². The quantitative estimate of drug-likeness (QED) is 0.646. The number of nitrogens with one attached hydrogen (secondary N) is 1. The molecule has 0 saturated heterocycles. The molecule has 7 heteroatoms. The fourth-order valence-electron chi connectivity index (χ4n) is 5.69. The van der Waals surface area contributed by atoms with Gasteiger partial charge in [0.1, 0.15) is 5.01 Å². The molecule has 0 spiro atoms. The minimum absolute atomic E-state index is 0.0113. The normalized spacial score (nSPS) is 31.6. The lowest BCUT2D eigenvalue weighted by molar-refractivity contribution is -0.135. The molecule has 164 valence electrons. The Hall–Kier alpha value is -1.28. The Morgan fingerprint density at radius 2 is 2.30 bits per heavy atom. The molecule has 2 N–H and O–H groups in total. The van der Waals surface area contributed by atoms with Gasteiger partial charge in [0, 0.05) is 41.3 Å². The molecule has 1 amide bonds. The number of aliphatic hydroxyl groups excluding tert-OH is 1. The van der Waals surface area contributed by atoms with Crippen LogP contribution in [0, 0.1) is 23.2 Å². The van der Waals surface area contributed by atoms with Gasteiger partial charge in [0.05, 0.1) is 18.4 Å². The van der Waals surface area contributed by atoms with Crippen LogP contribution in [0.5, 0.6) is 0 Å². The number of hydrogen-bond donors (Lipinski definition) is 2. The van der Waals surface area contributed by atoms with E-state index in [2.05, 4.69) is 36.0 Å². The van der Waals surface area contributed by atoms with Crippen LogP contribution in [0.1, 0.15) is 50.1 Å². The van der Waals surface area contributed by atoms with Crippen molar-refractivity contribution >= 4 is 28.6 Å². The summed E-state index contributed by atoms with van der Waals surface area (Å²) in [6, 6.07) is 2.13. The van der Waals surface area contributed by atoms with Gasteiger partial charge in [0.2, 0.25) is 5.91 Å². The van der Waals surface area contributed by atoms with Crippen molar-refractivity contribution in [2.24, 2.45) is 23.2 Å². The van der Waals surface area contributed by atoms with E-state index >= 15 is 0 Å². The summed E-state index contributed by atoms with van der Waals surface area (Å²) in [5.74, 6) is 0.0769. The Morgan fingerprint density at radius 3 is 3.00 bits per heavy atom. The minimum atomic E-state index is -0.499. The summed E-state index contributed by atoms with van der Waals surface area (Å²) in [5.41, 5.74) is 2.40. The summed E-state index contributed by atoms with van der Waals surface area (Å²) in [6.07, 6.45) is 2.38. The van der Waals surface area contributed by atoms with Crippen LogP contribution in [0.15, 0.2) is 16.8 Å². The van der Waals surface area contributed by atoms with Crippen LogP contribution in [0.25, 0.3) is 10.6 Å². The Bertz CT molecular complexity index is 881. The van der Waals surface area contributed by atoms with Gasteiger partial charge in [-0.15, -0.1) is 11.3 Å². The molecule has 6 atom stereocenters. The summed E-state index contributed by atoms with van der Waals surface area (Å²) in [6.45, 7) is 7.50. The number of methoxy groups -OCH3 is 1. The zero-order valence-electron chi connectivity index (χ0n) is 18.2. The molecule has 1 saturated carbocycles. The Balaban J connectivity index is 1.56. The van der Waals surface area contributed by atoms with Gasteiger partial charge in [0.25, 0.3) is 0 Å². The molecule has 0 aliphatic heterocycles. The van der Waals surface area contributed by atoms with Crippen molar-refractivity contribution in [1.82, 2.24) is 10.3 Å². The first-order valence-electron chi connectivity index (χ1n) is 10.8. The predicted molar refractivity (Wildman–Crippen MR) is 122 cm³/mol. The summed E-state index contributed by atoms with van der Waals surface area (Å²) >= 11 is 3.51. The van der Waals surface area contributed by atoms with Crippen molar-refractivity contribution < 1.29 is 14.6 Å². The van der Waals surface area contributed by atoms with Crippen LogP contribution in [-0.4, -0.2) is 42.4 Å². The molecule has 2 aromatic heterocycles. The molecule has 0 aromatic carbocycles. The van der Waals surface area contributed by atoms with Gasteiger partial charge in [-0.1, -0.05) is 20.8 Å². The molecular weight excluding hydrogens is 416 g/mol. The number of thiophene rings is 1. The van der Waals surface area contributed by atoms with Crippen molar-refractivity contribution in [1.29, 1.82) is 0 Å². The fraction of sp³-hybridized carbons (Fsp3) is 0.652. The summed E-state index contributed by atoms with van der Waals surface area (Å²) in [5, 5.41) is 19.8. The Labute approximate surface area is 186 Å². The highest BCUT2D eigenvalue weighted by Crippen LogP contribution is 2.57. The highest BCUT2D eigenvalue weighted by molar-refractivity contribution is 7.15. The maximum atomic E-state index is 12.6. The van der Waals surface area contributed by atoms with Gasteiger partial charge < -0.3 is 15.2 Å². The van der Waals surface area contributed by atoms with E-state index in [1.165, 1.54) is 10.4 Å². The van der Waals surface area contributed by atoms with Crippen molar-refractivity contribution in [2.75, 3.05) is 20.3 Å². The highest BCUT2D eigenvalue weighted by atomic mass is 32.1. The molecule has 2 aromatic rings. The molecule has 0 bridgehead atoms. The molecular formula is C23H32N2O3S2. The highest BCUT2D eigenvalue weighted by Gasteiger charge is 2.53. The SMILES string of the molecule is COCCNC(=O)[C@@H](C)[C@@H]1CC[C@]2(C)Cc3sc(-c4ccsc4)nc3[C@H](C)[C@@H]2[C@H]1O.